The fourth-order valence-electron chi connectivity index (χ4n) is 2.28. The van der Waals surface area contributed by atoms with Gasteiger partial charge in [-0.05, 0) is 6.42 Å². The van der Waals surface area contributed by atoms with Crippen molar-refractivity contribution in [3.05, 3.63) is 0 Å². The molecule has 0 aromatic rings. The highest BCUT2D eigenvalue weighted by molar-refractivity contribution is 5.83. The lowest BCUT2D eigenvalue weighted by molar-refractivity contribution is -0.120. The molecule has 1 atom stereocenters. The summed E-state index contributed by atoms with van der Waals surface area (Å²) in [6.45, 7) is 2.53. The molecule has 0 fully saturated rings. The Morgan fingerprint density at radius 3 is 1.68 bits per heavy atom. The molecular formula is C16H34N2O. The third kappa shape index (κ3) is 12.4. The van der Waals surface area contributed by atoms with Gasteiger partial charge >= 0.3 is 0 Å². The Morgan fingerprint density at radius 1 is 0.842 bits per heavy atom. The predicted octanol–water partition coefficient (Wildman–Crippen LogP) is 3.54. The van der Waals surface area contributed by atoms with Crippen molar-refractivity contribution in [3.63, 3.8) is 0 Å². The first-order chi connectivity index (χ1) is 9.22. The van der Waals surface area contributed by atoms with Crippen molar-refractivity contribution in [1.29, 1.82) is 0 Å². The summed E-state index contributed by atoms with van der Waals surface area (Å²) in [5.41, 5.74) is 10.9. The van der Waals surface area contributed by atoms with Crippen molar-refractivity contribution in [1.82, 2.24) is 0 Å². The summed E-state index contributed by atoms with van der Waals surface area (Å²) in [6, 6.07) is -0.442. The van der Waals surface area contributed by atoms with E-state index in [0.29, 0.717) is 6.42 Å². The van der Waals surface area contributed by atoms with Crippen LogP contribution in [0.1, 0.15) is 84.0 Å². The number of hydrogen-bond donors (Lipinski definition) is 2. The summed E-state index contributed by atoms with van der Waals surface area (Å²) in [7, 11) is 0. The second-order valence-electron chi connectivity index (χ2n) is 5.59. The van der Waals surface area contributed by atoms with Gasteiger partial charge in [0.25, 0.3) is 0 Å². The molecule has 0 heterocycles. The molecule has 19 heavy (non-hydrogen) atoms. The Labute approximate surface area is 119 Å². The standard InChI is InChI=1S/C16H34N2O/c1-2-3-4-5-6-7-8-9-10-11-12-13-16(19)15(18)14-17/h15H,2-14,17-18H2,1H3. The number of rotatable bonds is 14. The van der Waals surface area contributed by atoms with Crippen LogP contribution in [0.4, 0.5) is 0 Å². The molecule has 0 saturated heterocycles. The molecule has 0 aromatic heterocycles. The van der Waals surface area contributed by atoms with E-state index in [1.54, 1.807) is 0 Å². The van der Waals surface area contributed by atoms with Crippen LogP contribution in [0.5, 0.6) is 0 Å². The van der Waals surface area contributed by atoms with Crippen molar-refractivity contribution >= 4 is 5.78 Å². The van der Waals surface area contributed by atoms with Crippen LogP contribution >= 0.6 is 0 Å². The molecule has 0 aromatic carbocycles. The molecule has 3 nitrogen and oxygen atoms in total. The maximum atomic E-state index is 11.4. The summed E-state index contributed by atoms with van der Waals surface area (Å²) in [5.74, 6) is 0.124. The van der Waals surface area contributed by atoms with Gasteiger partial charge < -0.3 is 11.5 Å². The molecule has 3 heteroatoms. The number of carbonyl (C=O) groups is 1. The normalized spacial score (nSPS) is 12.6. The van der Waals surface area contributed by atoms with Gasteiger partial charge in [-0.2, -0.15) is 0 Å². The zero-order chi connectivity index (χ0) is 14.3. The SMILES string of the molecule is CCCCCCCCCCCCCC(=O)C(N)CN. The van der Waals surface area contributed by atoms with Crippen LogP contribution in [0, 0.1) is 0 Å². The minimum Gasteiger partial charge on any atom is -0.328 e. The minimum absolute atomic E-state index is 0.124. The van der Waals surface area contributed by atoms with Crippen LogP contribution in [0.3, 0.4) is 0 Å². The third-order valence-electron chi connectivity index (χ3n) is 3.69. The van der Waals surface area contributed by atoms with Gasteiger partial charge in [-0.1, -0.05) is 71.1 Å². The number of nitrogens with two attached hydrogens (primary N) is 2. The molecule has 0 bridgehead atoms. The summed E-state index contributed by atoms with van der Waals surface area (Å²) in [6.07, 6.45) is 14.9. The van der Waals surface area contributed by atoms with E-state index in [1.807, 2.05) is 0 Å². The summed E-state index contributed by atoms with van der Waals surface area (Å²) >= 11 is 0. The van der Waals surface area contributed by atoms with Gasteiger partial charge in [-0.3, -0.25) is 4.79 Å². The van der Waals surface area contributed by atoms with Crippen LogP contribution in [0.2, 0.25) is 0 Å². The highest BCUT2D eigenvalue weighted by Crippen LogP contribution is 2.12. The number of hydrogen-bond acceptors (Lipinski definition) is 3. The molecule has 1 unspecified atom stereocenters. The maximum Gasteiger partial charge on any atom is 0.150 e. The lowest BCUT2D eigenvalue weighted by atomic mass is 10.0. The number of unbranched alkanes of at least 4 members (excludes halogenated alkanes) is 10. The Balaban J connectivity index is 3.13. The zero-order valence-electron chi connectivity index (χ0n) is 12.8. The molecule has 0 aliphatic rings. The smallest absolute Gasteiger partial charge is 0.150 e. The van der Waals surface area contributed by atoms with Crippen molar-refractivity contribution in [3.8, 4) is 0 Å². The Morgan fingerprint density at radius 2 is 1.26 bits per heavy atom. The fraction of sp³-hybridized carbons (Fsp3) is 0.938. The Bertz CT molecular complexity index is 207. The molecule has 0 amide bonds. The summed E-state index contributed by atoms with van der Waals surface area (Å²) < 4.78 is 0. The lowest BCUT2D eigenvalue weighted by Gasteiger charge is -2.07. The van der Waals surface area contributed by atoms with Crippen molar-refractivity contribution in [2.24, 2.45) is 11.5 Å². The highest BCUT2D eigenvalue weighted by Gasteiger charge is 2.09. The number of Topliss-reactive ketones (excluding diaryl/α,β-unsaturated/α-hetero) is 1. The topological polar surface area (TPSA) is 69.1 Å². The van der Waals surface area contributed by atoms with E-state index < -0.39 is 6.04 Å². The van der Waals surface area contributed by atoms with Gasteiger partial charge in [-0.25, -0.2) is 0 Å². The first kappa shape index (κ1) is 18.6. The molecular weight excluding hydrogens is 236 g/mol. The van der Waals surface area contributed by atoms with E-state index in [2.05, 4.69) is 6.92 Å². The Hall–Kier alpha value is -0.410. The summed E-state index contributed by atoms with van der Waals surface area (Å²) in [4.78, 5) is 11.4. The average Bonchev–Trinajstić information content (AvgIpc) is 2.43. The first-order valence-corrected chi connectivity index (χ1v) is 8.20. The number of carbonyl (C=O) groups excluding carboxylic acids is 1. The maximum absolute atomic E-state index is 11.4. The van der Waals surface area contributed by atoms with E-state index in [0.717, 1.165) is 12.8 Å². The first-order valence-electron chi connectivity index (χ1n) is 8.20. The van der Waals surface area contributed by atoms with Gasteiger partial charge in [0.05, 0.1) is 6.04 Å². The predicted molar refractivity (Wildman–Crippen MR) is 83.1 cm³/mol. The molecule has 114 valence electrons. The Kier molecular flexibility index (Phi) is 13.7. The average molecular weight is 270 g/mol. The second kappa shape index (κ2) is 14.0. The van der Waals surface area contributed by atoms with E-state index in [1.165, 1.54) is 57.8 Å². The van der Waals surface area contributed by atoms with Crippen molar-refractivity contribution < 1.29 is 4.79 Å². The molecule has 0 aliphatic heterocycles. The van der Waals surface area contributed by atoms with Crippen LogP contribution < -0.4 is 11.5 Å². The summed E-state index contributed by atoms with van der Waals surface area (Å²) in [5, 5.41) is 0. The van der Waals surface area contributed by atoms with Crippen LogP contribution in [-0.2, 0) is 4.79 Å². The van der Waals surface area contributed by atoms with Crippen LogP contribution in [0.15, 0.2) is 0 Å². The van der Waals surface area contributed by atoms with E-state index in [4.69, 9.17) is 11.5 Å². The molecule has 0 spiro atoms. The monoisotopic (exact) mass is 270 g/mol. The van der Waals surface area contributed by atoms with Gasteiger partial charge in [0.2, 0.25) is 0 Å². The van der Waals surface area contributed by atoms with E-state index in [9.17, 15) is 4.79 Å². The molecule has 0 rings (SSSR count). The van der Waals surface area contributed by atoms with Crippen LogP contribution in [0.25, 0.3) is 0 Å². The van der Waals surface area contributed by atoms with Crippen molar-refractivity contribution in [2.75, 3.05) is 6.54 Å². The van der Waals surface area contributed by atoms with Crippen LogP contribution in [-0.4, -0.2) is 18.4 Å². The quantitative estimate of drug-likeness (QED) is 0.474. The lowest BCUT2D eigenvalue weighted by Crippen LogP contribution is -2.37. The molecule has 0 radical (unpaired) electrons. The number of ketones is 1. The second-order valence-corrected chi connectivity index (χ2v) is 5.59. The van der Waals surface area contributed by atoms with Gasteiger partial charge in [0.1, 0.15) is 0 Å². The molecule has 0 saturated carbocycles. The zero-order valence-corrected chi connectivity index (χ0v) is 12.8. The third-order valence-corrected chi connectivity index (χ3v) is 3.69. The van der Waals surface area contributed by atoms with Gasteiger partial charge in [-0.15, -0.1) is 0 Å². The molecule has 4 N–H and O–H groups in total. The fourth-order valence-corrected chi connectivity index (χ4v) is 2.28. The van der Waals surface area contributed by atoms with E-state index >= 15 is 0 Å². The van der Waals surface area contributed by atoms with E-state index in [-0.39, 0.29) is 12.3 Å². The minimum atomic E-state index is -0.442. The van der Waals surface area contributed by atoms with Crippen molar-refractivity contribution in [2.45, 2.75) is 90.0 Å². The van der Waals surface area contributed by atoms with Gasteiger partial charge in [0.15, 0.2) is 5.78 Å². The largest absolute Gasteiger partial charge is 0.328 e. The van der Waals surface area contributed by atoms with Gasteiger partial charge in [0, 0.05) is 13.0 Å². The highest BCUT2D eigenvalue weighted by atomic mass is 16.1. The molecule has 0 aliphatic carbocycles.